The Morgan fingerprint density at radius 2 is 1.14 bits per heavy atom. The van der Waals surface area contributed by atoms with Crippen molar-refractivity contribution in [3.63, 3.8) is 0 Å². The van der Waals surface area contributed by atoms with Crippen molar-refractivity contribution in [2.24, 2.45) is 0 Å². The van der Waals surface area contributed by atoms with Crippen LogP contribution in [0.4, 0.5) is 23.1 Å². The molecule has 9 aromatic heterocycles. The Morgan fingerprint density at radius 1 is 0.605 bits per heavy atom. The molecular formula is C51H47N21O4. The van der Waals surface area contributed by atoms with Gasteiger partial charge in [-0.2, -0.15) is 5.10 Å². The minimum atomic E-state index is -0.422. The first-order chi connectivity index (χ1) is 36.9. The maximum Gasteiger partial charge on any atom is 0.328 e. The van der Waals surface area contributed by atoms with E-state index in [0.717, 1.165) is 22.4 Å². The van der Waals surface area contributed by atoms with Crippen LogP contribution in [0.25, 0.3) is 68.3 Å². The first kappa shape index (κ1) is 46.8. The van der Waals surface area contributed by atoms with Crippen LogP contribution in [-0.4, -0.2) is 94.9 Å². The van der Waals surface area contributed by atoms with Crippen molar-refractivity contribution in [3.8, 4) is 34.8 Å². The number of anilines is 4. The smallest absolute Gasteiger partial charge is 0.328 e. The number of rotatable bonds is 16. The van der Waals surface area contributed by atoms with Crippen LogP contribution in [0.5, 0.6) is 0 Å². The number of nitrogens with two attached hydrogens (primary N) is 1. The van der Waals surface area contributed by atoms with Gasteiger partial charge in [0, 0.05) is 29.7 Å². The van der Waals surface area contributed by atoms with Crippen molar-refractivity contribution < 1.29 is 4.84 Å². The minimum absolute atomic E-state index is 0.0519. The second-order valence-electron chi connectivity index (χ2n) is 18.9. The summed E-state index contributed by atoms with van der Waals surface area (Å²) in [7, 11) is 0. The number of nitrogen functional groups attached to an aromatic ring is 1. The number of fused-ring (bicyclic) bond motifs is 3. The zero-order chi connectivity index (χ0) is 52.1. The molecule has 0 radical (unpaired) electrons. The van der Waals surface area contributed by atoms with Crippen LogP contribution in [0, 0.1) is 0 Å². The van der Waals surface area contributed by atoms with Crippen molar-refractivity contribution in [3.05, 3.63) is 170 Å². The molecule has 25 heteroatoms. The summed E-state index contributed by atoms with van der Waals surface area (Å²) in [6.07, 6.45) is 6.63. The fourth-order valence-corrected chi connectivity index (χ4v) is 8.79. The van der Waals surface area contributed by atoms with E-state index in [0.29, 0.717) is 56.5 Å². The zero-order valence-electron chi connectivity index (χ0n) is 41.0. The quantitative estimate of drug-likeness (QED) is 0.0441. The summed E-state index contributed by atoms with van der Waals surface area (Å²) in [4.78, 5) is 96.7. The fourth-order valence-electron chi connectivity index (χ4n) is 8.79. The minimum Gasteiger partial charge on any atom is -0.382 e. The maximum absolute atomic E-state index is 13.8. The molecule has 0 fully saturated rings. The largest absolute Gasteiger partial charge is 0.382 e. The van der Waals surface area contributed by atoms with E-state index in [4.69, 9.17) is 35.5 Å². The summed E-state index contributed by atoms with van der Waals surface area (Å²) < 4.78 is 6.35. The molecule has 0 aliphatic heterocycles. The summed E-state index contributed by atoms with van der Waals surface area (Å²) in [5, 5.41) is 10.6. The highest BCUT2D eigenvalue weighted by Crippen LogP contribution is 2.32. The Balaban J connectivity index is 0.863. The van der Waals surface area contributed by atoms with Gasteiger partial charge in [0.1, 0.15) is 22.2 Å². The molecule has 0 aliphatic carbocycles. The van der Waals surface area contributed by atoms with Gasteiger partial charge in [-0.25, -0.2) is 59.7 Å². The molecule has 380 valence electrons. The molecule has 0 spiro atoms. The van der Waals surface area contributed by atoms with Gasteiger partial charge >= 0.3 is 17.1 Å². The van der Waals surface area contributed by atoms with Crippen molar-refractivity contribution >= 4 is 56.6 Å². The van der Waals surface area contributed by atoms with E-state index in [1.54, 1.807) is 27.7 Å². The third-order valence-corrected chi connectivity index (χ3v) is 12.7. The van der Waals surface area contributed by atoms with Crippen LogP contribution in [0.15, 0.2) is 130 Å². The number of imidazole rings is 5. The second kappa shape index (κ2) is 19.0. The molecule has 9 N–H and O–H groups in total. The van der Waals surface area contributed by atoms with E-state index in [9.17, 15) is 14.4 Å². The molecule has 0 saturated heterocycles. The molecule has 0 aliphatic rings. The average Bonchev–Trinajstić information content (AvgIpc) is 4.33. The lowest BCUT2D eigenvalue weighted by Gasteiger charge is -2.15. The van der Waals surface area contributed by atoms with Gasteiger partial charge in [-0.05, 0) is 16.7 Å². The number of H-pyrrole nitrogens is 5. The van der Waals surface area contributed by atoms with Crippen molar-refractivity contribution in [1.29, 1.82) is 0 Å². The monoisotopic (exact) mass is 1020 g/mol. The van der Waals surface area contributed by atoms with Gasteiger partial charge in [-0.1, -0.05) is 112 Å². The van der Waals surface area contributed by atoms with E-state index < -0.39 is 11.4 Å². The van der Waals surface area contributed by atoms with Crippen molar-refractivity contribution in [1.82, 2.24) is 88.3 Å². The molecule has 0 bridgehead atoms. The summed E-state index contributed by atoms with van der Waals surface area (Å²) in [5.41, 5.74) is 14.1. The molecule has 76 heavy (non-hydrogen) atoms. The fraction of sp³-hybridized carbons (Fsp3) is 0.176. The van der Waals surface area contributed by atoms with E-state index in [1.807, 2.05) is 91.0 Å². The Hall–Kier alpha value is -10.3. The van der Waals surface area contributed by atoms with Gasteiger partial charge in [-0.3, -0.25) is 23.6 Å². The third kappa shape index (κ3) is 8.90. The Kier molecular flexibility index (Phi) is 11.7. The second-order valence-corrected chi connectivity index (χ2v) is 18.9. The van der Waals surface area contributed by atoms with Crippen molar-refractivity contribution in [2.45, 2.75) is 52.4 Å². The van der Waals surface area contributed by atoms with Gasteiger partial charge < -0.3 is 35.6 Å². The zero-order valence-corrected chi connectivity index (χ0v) is 41.0. The van der Waals surface area contributed by atoms with Crippen LogP contribution in [-0.2, 0) is 36.4 Å². The van der Waals surface area contributed by atoms with Gasteiger partial charge in [-0.15, -0.1) is 0 Å². The Bertz CT molecular complexity index is 4270. The number of aromatic nitrogens is 18. The normalized spacial score (nSPS) is 11.9. The van der Waals surface area contributed by atoms with E-state index in [-0.39, 0.29) is 78.8 Å². The molecule has 12 aromatic rings. The van der Waals surface area contributed by atoms with Gasteiger partial charge in [0.2, 0.25) is 0 Å². The van der Waals surface area contributed by atoms with Gasteiger partial charge in [0.05, 0.1) is 44.7 Å². The van der Waals surface area contributed by atoms with Crippen LogP contribution < -0.4 is 33.6 Å². The number of benzene rings is 3. The highest BCUT2D eigenvalue weighted by atomic mass is 16.6. The average molecular weight is 1020 g/mol. The maximum atomic E-state index is 13.8. The lowest BCUT2D eigenvalue weighted by molar-refractivity contribution is 0.182. The number of nitrogens with zero attached hydrogens (tertiary/aromatic N) is 13. The van der Waals surface area contributed by atoms with Gasteiger partial charge in [0.15, 0.2) is 63.5 Å². The number of hydrogen-bond donors (Lipinski definition) is 8. The SMILES string of the molecule is CC(C)(C)c1cnc(-c2nc(NOCCn3ccnc3-c3nc(Nc4cn[nH]c4-c4nc(N)c5[nH]c(=O)n(Cc6ccccc6)c5n4)c4[nH]c(=O)n(Cc5ccccc5)c4n3)c3[nH]c(=O)n(Cc4ccccc4)c3n2)[nH]1. The highest BCUT2D eigenvalue weighted by molar-refractivity contribution is 5.90. The number of aromatic amines is 5. The molecule has 9 heterocycles. The van der Waals surface area contributed by atoms with E-state index >= 15 is 0 Å². The predicted molar refractivity (Wildman–Crippen MR) is 283 cm³/mol. The van der Waals surface area contributed by atoms with Crippen LogP contribution >= 0.6 is 0 Å². The van der Waals surface area contributed by atoms with Crippen LogP contribution in [0.2, 0.25) is 0 Å². The Labute approximate surface area is 428 Å². The van der Waals surface area contributed by atoms with E-state index in [2.05, 4.69) is 76.7 Å². The topological polar surface area (TPSA) is 325 Å². The molecule has 0 amide bonds. The lowest BCUT2D eigenvalue weighted by atomic mass is 9.93. The molecule has 0 atom stereocenters. The summed E-state index contributed by atoms with van der Waals surface area (Å²) >= 11 is 0. The first-order valence-corrected chi connectivity index (χ1v) is 24.1. The first-order valence-electron chi connectivity index (χ1n) is 24.1. The molecular weight excluding hydrogens is 971 g/mol. The summed E-state index contributed by atoms with van der Waals surface area (Å²) in [6, 6.07) is 28.6. The lowest BCUT2D eigenvalue weighted by Crippen LogP contribution is -2.18. The summed E-state index contributed by atoms with van der Waals surface area (Å²) in [5.74, 6) is 1.82. The molecule has 12 rings (SSSR count). The molecule has 0 saturated carbocycles. The standard InChI is InChI=1S/C51H47N21O4/c1-51(2,3)32-24-54-41(57-32)42-63-40(36-46(65-42)72(50(75)60-36)27-30-17-11-6-12-18-30)68-76-22-21-69-20-19-53-47(69)43-62-39(35-45(66-43)71(49(74)59-35)26-29-15-9-5-10-16-29)56-31-23-55-67-33(31)38-61-37(52)34-44(64-38)70(48(73)58-34)25-28-13-7-4-8-14-28/h4-20,23-24H,21-22,25-27H2,1-3H3,(H,54,57)(H,55,67)(H,58,73)(H,59,74)(H,60,75)(H2,52,61,64)(H,56,62,66)(H,63,65,68). The number of nitrogens with one attached hydrogen (secondary N) is 7. The summed E-state index contributed by atoms with van der Waals surface area (Å²) in [6.45, 7) is 7.21. The highest BCUT2D eigenvalue weighted by Gasteiger charge is 2.25. The molecule has 0 unspecified atom stereocenters. The molecule has 3 aromatic carbocycles. The van der Waals surface area contributed by atoms with Gasteiger partial charge in [0.25, 0.3) is 0 Å². The number of hydrogen-bond acceptors (Lipinski definition) is 16. The van der Waals surface area contributed by atoms with Crippen LogP contribution in [0.3, 0.4) is 0 Å². The van der Waals surface area contributed by atoms with Crippen molar-refractivity contribution in [2.75, 3.05) is 23.1 Å². The Morgan fingerprint density at radius 3 is 1.74 bits per heavy atom. The van der Waals surface area contributed by atoms with E-state index in [1.165, 1.54) is 15.3 Å². The van der Waals surface area contributed by atoms with Crippen LogP contribution in [0.1, 0.15) is 43.2 Å². The third-order valence-electron chi connectivity index (χ3n) is 12.7. The molecule has 25 nitrogen and oxygen atoms in total. The predicted octanol–water partition coefficient (Wildman–Crippen LogP) is 5.44.